The third-order valence-corrected chi connectivity index (χ3v) is 4.00. The van der Waals surface area contributed by atoms with Crippen molar-refractivity contribution >= 4 is 34.8 Å². The van der Waals surface area contributed by atoms with Crippen LogP contribution in [0.5, 0.6) is 0 Å². The Kier molecular flexibility index (Phi) is 5.91. The van der Waals surface area contributed by atoms with Crippen molar-refractivity contribution in [2.24, 2.45) is 4.99 Å². The molecule has 0 spiro atoms. The Morgan fingerprint density at radius 3 is 2.96 bits per heavy atom. The molecule has 1 fully saturated rings. The summed E-state index contributed by atoms with van der Waals surface area (Å²) in [4.78, 5) is 24.4. The first-order chi connectivity index (χ1) is 11.3. The molecule has 24 heavy (non-hydrogen) atoms. The van der Waals surface area contributed by atoms with Crippen molar-refractivity contribution in [3.05, 3.63) is 18.5 Å². The zero-order valence-corrected chi connectivity index (χ0v) is 15.5. The molecule has 2 heterocycles. The molecule has 1 aliphatic rings. The van der Waals surface area contributed by atoms with Crippen LogP contribution in [-0.4, -0.2) is 52.9 Å². The second-order valence-corrected chi connectivity index (χ2v) is 7.08. The zero-order chi connectivity index (χ0) is 17.7. The van der Waals surface area contributed by atoms with Crippen molar-refractivity contribution in [3.63, 3.8) is 0 Å². The topological polar surface area (TPSA) is 58.0 Å². The third kappa shape index (κ3) is 4.76. The molecule has 130 valence electrons. The molecule has 0 aliphatic carbocycles. The first-order valence-electron chi connectivity index (χ1n) is 8.04. The van der Waals surface area contributed by atoms with E-state index in [0.29, 0.717) is 5.69 Å². The van der Waals surface area contributed by atoms with Gasteiger partial charge in [0.2, 0.25) is 0 Å². The molecule has 1 aliphatic heterocycles. The van der Waals surface area contributed by atoms with Gasteiger partial charge in [0.25, 0.3) is 0 Å². The van der Waals surface area contributed by atoms with Crippen molar-refractivity contribution in [3.8, 4) is 0 Å². The van der Waals surface area contributed by atoms with E-state index >= 15 is 0 Å². The molecular formula is C17H24N4O2S. The van der Waals surface area contributed by atoms with Gasteiger partial charge in [0, 0.05) is 26.3 Å². The normalized spacial score (nSPS) is 17.8. The molecule has 1 saturated heterocycles. The lowest BCUT2D eigenvalue weighted by atomic mass is 10.0. The second-order valence-electron chi connectivity index (χ2n) is 6.90. The van der Waals surface area contributed by atoms with Crippen LogP contribution in [0.15, 0.2) is 23.5 Å². The van der Waals surface area contributed by atoms with E-state index in [4.69, 9.17) is 17.0 Å². The second kappa shape index (κ2) is 7.73. The van der Waals surface area contributed by atoms with Gasteiger partial charge in [-0.05, 0) is 51.9 Å². The predicted molar refractivity (Wildman–Crippen MR) is 98.2 cm³/mol. The van der Waals surface area contributed by atoms with Crippen LogP contribution in [0.25, 0.3) is 0 Å². The van der Waals surface area contributed by atoms with Gasteiger partial charge in [0.05, 0.1) is 23.1 Å². The predicted octanol–water partition coefficient (Wildman–Crippen LogP) is 3.65. The Balaban J connectivity index is 2.12. The van der Waals surface area contributed by atoms with E-state index in [1.165, 1.54) is 0 Å². The van der Waals surface area contributed by atoms with Crippen LogP contribution in [0.1, 0.15) is 33.6 Å². The number of carbonyl (C=O) groups excluding carboxylic acids is 1. The van der Waals surface area contributed by atoms with Crippen LogP contribution in [0.3, 0.4) is 0 Å². The number of amides is 1. The van der Waals surface area contributed by atoms with Crippen LogP contribution in [0.2, 0.25) is 0 Å². The highest BCUT2D eigenvalue weighted by molar-refractivity contribution is 7.78. The van der Waals surface area contributed by atoms with E-state index in [2.05, 4.69) is 20.0 Å². The number of nitrogens with zero attached hydrogens (tertiary/aromatic N) is 4. The highest BCUT2D eigenvalue weighted by atomic mass is 32.1. The smallest absolute Gasteiger partial charge is 0.410 e. The van der Waals surface area contributed by atoms with Crippen LogP contribution in [0.4, 0.5) is 16.2 Å². The van der Waals surface area contributed by atoms with Crippen LogP contribution >= 0.6 is 12.2 Å². The highest BCUT2D eigenvalue weighted by Gasteiger charge is 2.29. The number of hydrogen-bond donors (Lipinski definition) is 0. The van der Waals surface area contributed by atoms with E-state index in [0.717, 1.165) is 31.6 Å². The molecule has 1 aromatic heterocycles. The fourth-order valence-corrected chi connectivity index (χ4v) is 2.85. The van der Waals surface area contributed by atoms with Gasteiger partial charge in [-0.25, -0.2) is 4.79 Å². The Hall–Kier alpha value is -1.98. The molecular weight excluding hydrogens is 324 g/mol. The van der Waals surface area contributed by atoms with Crippen molar-refractivity contribution < 1.29 is 9.53 Å². The van der Waals surface area contributed by atoms with E-state index in [1.807, 2.05) is 26.8 Å². The first-order valence-corrected chi connectivity index (χ1v) is 8.45. The summed E-state index contributed by atoms with van der Waals surface area (Å²) in [6.45, 7) is 7.25. The van der Waals surface area contributed by atoms with Crippen LogP contribution in [-0.2, 0) is 4.74 Å². The number of likely N-dealkylation sites (N-methyl/N-ethyl adjacent to an activating group) is 1. The number of aliphatic imine (C=N–C) groups is 1. The summed E-state index contributed by atoms with van der Waals surface area (Å²) in [5.74, 6) is 0. The summed E-state index contributed by atoms with van der Waals surface area (Å²) in [5, 5.41) is 2.40. The van der Waals surface area contributed by atoms with E-state index in [1.54, 1.807) is 24.3 Å². The summed E-state index contributed by atoms with van der Waals surface area (Å²) in [6, 6.07) is 2.01. The molecule has 0 N–H and O–H groups in total. The van der Waals surface area contributed by atoms with Crippen molar-refractivity contribution in [1.29, 1.82) is 0 Å². The average molecular weight is 348 g/mol. The Bertz CT molecular complexity index is 638. The Morgan fingerprint density at radius 1 is 1.54 bits per heavy atom. The van der Waals surface area contributed by atoms with Crippen molar-refractivity contribution in [2.75, 3.05) is 25.0 Å². The average Bonchev–Trinajstić information content (AvgIpc) is 2.53. The number of anilines is 1. The number of ether oxygens (including phenoxy) is 1. The summed E-state index contributed by atoms with van der Waals surface area (Å²) in [7, 11) is 1.80. The molecule has 1 atom stereocenters. The maximum Gasteiger partial charge on any atom is 0.410 e. The monoisotopic (exact) mass is 348 g/mol. The molecule has 0 aromatic carbocycles. The molecule has 0 radical (unpaired) electrons. The fraction of sp³-hybridized carbons (Fsp3) is 0.588. The maximum absolute atomic E-state index is 12.3. The minimum absolute atomic E-state index is 0.0890. The molecule has 1 unspecified atom stereocenters. The van der Waals surface area contributed by atoms with Crippen molar-refractivity contribution in [2.45, 2.75) is 45.3 Å². The van der Waals surface area contributed by atoms with Crippen LogP contribution in [0, 0.1) is 0 Å². The summed E-state index contributed by atoms with van der Waals surface area (Å²) < 4.78 is 5.47. The third-order valence-electron chi connectivity index (χ3n) is 3.91. The number of aromatic nitrogens is 1. The largest absolute Gasteiger partial charge is 0.444 e. The highest BCUT2D eigenvalue weighted by Crippen LogP contribution is 2.30. The number of rotatable bonds is 3. The molecule has 2 rings (SSSR count). The minimum Gasteiger partial charge on any atom is -0.444 e. The first kappa shape index (κ1) is 18.4. The summed E-state index contributed by atoms with van der Waals surface area (Å²) in [6.07, 6.45) is 5.06. The van der Waals surface area contributed by atoms with Gasteiger partial charge in [-0.1, -0.05) is 0 Å². The molecule has 1 aromatic rings. The fourth-order valence-electron chi connectivity index (χ4n) is 2.75. The van der Waals surface area contributed by atoms with Gasteiger partial charge in [0.1, 0.15) is 11.3 Å². The number of piperidine rings is 1. The van der Waals surface area contributed by atoms with Crippen molar-refractivity contribution in [1.82, 2.24) is 9.88 Å². The molecule has 7 heteroatoms. The standard InChI is InChI=1S/C17H24N4O2S/c1-17(2,3)23-16(22)20(4)13-6-5-9-21(11-13)15-7-8-18-10-14(15)19-12-24/h7-8,10,13H,5-6,9,11H2,1-4H3. The SMILES string of the molecule is CN(C(=O)OC(C)(C)C)C1CCCN(c2ccncc2N=C=S)C1. The van der Waals surface area contributed by atoms with Gasteiger partial charge in [0.15, 0.2) is 0 Å². The molecule has 0 saturated carbocycles. The molecule has 6 nitrogen and oxygen atoms in total. The number of hydrogen-bond acceptors (Lipinski definition) is 6. The summed E-state index contributed by atoms with van der Waals surface area (Å²) in [5.41, 5.74) is 1.17. The minimum atomic E-state index is -0.494. The Morgan fingerprint density at radius 2 is 2.29 bits per heavy atom. The maximum atomic E-state index is 12.3. The molecule has 1 amide bonds. The van der Waals surface area contributed by atoms with E-state index < -0.39 is 5.60 Å². The number of carbonyl (C=O) groups is 1. The van der Waals surface area contributed by atoms with Gasteiger partial charge in [-0.15, -0.1) is 0 Å². The van der Waals surface area contributed by atoms with Gasteiger partial charge < -0.3 is 14.5 Å². The van der Waals surface area contributed by atoms with E-state index in [-0.39, 0.29) is 12.1 Å². The Labute approximate surface area is 148 Å². The zero-order valence-electron chi connectivity index (χ0n) is 14.7. The quantitative estimate of drug-likeness (QED) is 0.616. The number of isothiocyanates is 1. The lowest BCUT2D eigenvalue weighted by Crippen LogP contribution is -2.49. The van der Waals surface area contributed by atoms with Gasteiger partial charge >= 0.3 is 6.09 Å². The lowest BCUT2D eigenvalue weighted by Gasteiger charge is -2.39. The lowest BCUT2D eigenvalue weighted by molar-refractivity contribution is 0.0210. The number of thiocarbonyl (C=S) groups is 1. The van der Waals surface area contributed by atoms with Crippen LogP contribution < -0.4 is 4.90 Å². The summed E-state index contributed by atoms with van der Waals surface area (Å²) >= 11 is 4.71. The molecule has 0 bridgehead atoms. The van der Waals surface area contributed by atoms with Gasteiger partial charge in [-0.2, -0.15) is 4.99 Å². The van der Waals surface area contributed by atoms with Gasteiger partial charge in [-0.3, -0.25) is 4.98 Å². The van der Waals surface area contributed by atoms with E-state index in [9.17, 15) is 4.79 Å². The number of pyridine rings is 1.